The van der Waals surface area contributed by atoms with Gasteiger partial charge in [0.2, 0.25) is 0 Å². The fourth-order valence-electron chi connectivity index (χ4n) is 4.74. The first-order valence-electron chi connectivity index (χ1n) is 12.6. The second-order valence-electron chi connectivity index (χ2n) is 9.34. The van der Waals surface area contributed by atoms with E-state index in [2.05, 4.69) is 151 Å². The lowest BCUT2D eigenvalue weighted by atomic mass is 9.97. The van der Waals surface area contributed by atoms with Crippen LogP contribution in [0.25, 0.3) is 55.4 Å². The van der Waals surface area contributed by atoms with Crippen LogP contribution < -0.4 is 0 Å². The summed E-state index contributed by atoms with van der Waals surface area (Å²) in [7, 11) is 0. The Bertz CT molecular complexity index is 1660. The Kier molecular flexibility index (Phi) is 6.58. The highest BCUT2D eigenvalue weighted by Gasteiger charge is 2.06. The van der Waals surface area contributed by atoms with Gasteiger partial charge >= 0.3 is 0 Å². The third kappa shape index (κ3) is 5.07. The van der Waals surface area contributed by atoms with Gasteiger partial charge in [-0.3, -0.25) is 4.98 Å². The van der Waals surface area contributed by atoms with Gasteiger partial charge in [-0.1, -0.05) is 104 Å². The standard InChI is InChI=1S/C35H26IN/c1-2-24-3-5-25(6-4-24)26-7-11-29(12-8-26)31-15-16-32-21-33(23-37-35(32)22-31)30-13-9-27(10-14-30)28-17-19-34(36)20-18-28/h3-23H,2H2,1H3. The van der Waals surface area contributed by atoms with E-state index in [-0.39, 0.29) is 0 Å². The number of rotatable bonds is 5. The number of pyridine rings is 1. The van der Waals surface area contributed by atoms with E-state index >= 15 is 0 Å². The largest absolute Gasteiger partial charge is 0.256 e. The summed E-state index contributed by atoms with van der Waals surface area (Å²) in [6.07, 6.45) is 3.05. The van der Waals surface area contributed by atoms with Crippen LogP contribution in [0.5, 0.6) is 0 Å². The van der Waals surface area contributed by atoms with Gasteiger partial charge in [0, 0.05) is 20.7 Å². The molecule has 0 saturated carbocycles. The Morgan fingerprint density at radius 1 is 0.486 bits per heavy atom. The van der Waals surface area contributed by atoms with Crippen molar-refractivity contribution in [3.05, 3.63) is 137 Å². The van der Waals surface area contributed by atoms with Crippen LogP contribution in [0.4, 0.5) is 0 Å². The van der Waals surface area contributed by atoms with Crippen molar-refractivity contribution in [2.75, 3.05) is 0 Å². The highest BCUT2D eigenvalue weighted by molar-refractivity contribution is 14.1. The zero-order chi connectivity index (χ0) is 25.2. The number of hydrogen-bond donors (Lipinski definition) is 0. The van der Waals surface area contributed by atoms with Crippen LogP contribution >= 0.6 is 22.6 Å². The lowest BCUT2D eigenvalue weighted by Gasteiger charge is -2.09. The first kappa shape index (κ1) is 23.6. The number of nitrogens with zero attached hydrogens (tertiary/aromatic N) is 1. The van der Waals surface area contributed by atoms with Crippen molar-refractivity contribution in [3.63, 3.8) is 0 Å². The highest BCUT2D eigenvalue weighted by atomic mass is 127. The van der Waals surface area contributed by atoms with Gasteiger partial charge in [-0.25, -0.2) is 0 Å². The quantitative estimate of drug-likeness (QED) is 0.183. The van der Waals surface area contributed by atoms with Gasteiger partial charge in [0.15, 0.2) is 0 Å². The molecule has 0 saturated heterocycles. The zero-order valence-corrected chi connectivity index (χ0v) is 22.8. The molecular formula is C35H26IN. The first-order valence-corrected chi connectivity index (χ1v) is 13.7. The zero-order valence-electron chi connectivity index (χ0n) is 20.7. The molecule has 1 heterocycles. The predicted octanol–water partition coefficient (Wildman–Crippen LogP) is 10.1. The molecule has 1 nitrogen and oxygen atoms in total. The van der Waals surface area contributed by atoms with Crippen molar-refractivity contribution in [1.82, 2.24) is 4.98 Å². The summed E-state index contributed by atoms with van der Waals surface area (Å²) in [5, 5.41) is 1.15. The average Bonchev–Trinajstić information content (AvgIpc) is 2.97. The molecule has 0 aliphatic heterocycles. The Morgan fingerprint density at radius 3 is 1.46 bits per heavy atom. The Balaban J connectivity index is 1.23. The van der Waals surface area contributed by atoms with Crippen molar-refractivity contribution in [1.29, 1.82) is 0 Å². The third-order valence-corrected chi connectivity index (χ3v) is 7.71. The Morgan fingerprint density at radius 2 is 0.919 bits per heavy atom. The molecule has 0 amide bonds. The van der Waals surface area contributed by atoms with Gasteiger partial charge < -0.3 is 0 Å². The molecule has 0 atom stereocenters. The van der Waals surface area contributed by atoms with Crippen LogP contribution in [-0.4, -0.2) is 4.98 Å². The maximum absolute atomic E-state index is 4.81. The summed E-state index contributed by atoms with van der Waals surface area (Å²) in [4.78, 5) is 4.81. The van der Waals surface area contributed by atoms with E-state index in [9.17, 15) is 0 Å². The van der Waals surface area contributed by atoms with Gasteiger partial charge in [0.1, 0.15) is 0 Å². The SMILES string of the molecule is CCc1ccc(-c2ccc(-c3ccc4cc(-c5ccc(-c6ccc(I)cc6)cc5)cnc4c3)cc2)cc1. The van der Waals surface area contributed by atoms with Gasteiger partial charge in [-0.15, -0.1) is 0 Å². The molecule has 178 valence electrons. The summed E-state index contributed by atoms with van der Waals surface area (Å²) in [6.45, 7) is 2.19. The fourth-order valence-corrected chi connectivity index (χ4v) is 5.10. The van der Waals surface area contributed by atoms with Gasteiger partial charge in [0.05, 0.1) is 5.52 Å². The summed E-state index contributed by atoms with van der Waals surface area (Å²) in [5.41, 5.74) is 12.0. The van der Waals surface area contributed by atoms with Crippen LogP contribution in [0, 0.1) is 3.57 Å². The Hall–Kier alpha value is -3.76. The molecule has 0 aliphatic carbocycles. The Labute approximate surface area is 232 Å². The molecule has 2 heteroatoms. The second kappa shape index (κ2) is 10.3. The maximum atomic E-state index is 4.81. The summed E-state index contributed by atoms with van der Waals surface area (Å²) in [5.74, 6) is 0. The normalized spacial score (nSPS) is 11.1. The predicted molar refractivity (Wildman–Crippen MR) is 166 cm³/mol. The summed E-state index contributed by atoms with van der Waals surface area (Å²) < 4.78 is 1.25. The average molecular weight is 588 g/mol. The number of fused-ring (bicyclic) bond motifs is 1. The smallest absolute Gasteiger partial charge is 0.0708 e. The maximum Gasteiger partial charge on any atom is 0.0708 e. The molecular weight excluding hydrogens is 561 g/mol. The van der Waals surface area contributed by atoms with Crippen LogP contribution in [0.1, 0.15) is 12.5 Å². The minimum Gasteiger partial charge on any atom is -0.256 e. The molecule has 0 aliphatic rings. The topological polar surface area (TPSA) is 12.9 Å². The molecule has 6 aromatic rings. The summed E-state index contributed by atoms with van der Waals surface area (Å²) >= 11 is 2.34. The van der Waals surface area contributed by atoms with Crippen molar-refractivity contribution >= 4 is 33.5 Å². The molecule has 0 spiro atoms. The first-order chi connectivity index (χ1) is 18.2. The fraction of sp³-hybridized carbons (Fsp3) is 0.0571. The van der Waals surface area contributed by atoms with Gasteiger partial charge in [0.25, 0.3) is 0 Å². The number of halogens is 1. The second-order valence-corrected chi connectivity index (χ2v) is 10.6. The molecule has 0 unspecified atom stereocenters. The van der Waals surface area contributed by atoms with E-state index in [1.807, 2.05) is 6.20 Å². The number of aryl methyl sites for hydroxylation is 1. The van der Waals surface area contributed by atoms with Crippen molar-refractivity contribution in [3.8, 4) is 44.5 Å². The van der Waals surface area contributed by atoms with Crippen molar-refractivity contribution < 1.29 is 0 Å². The molecule has 6 rings (SSSR count). The van der Waals surface area contributed by atoms with E-state index in [1.54, 1.807) is 0 Å². The lowest BCUT2D eigenvalue weighted by molar-refractivity contribution is 1.14. The third-order valence-electron chi connectivity index (χ3n) is 6.99. The van der Waals surface area contributed by atoms with Crippen LogP contribution in [0.15, 0.2) is 128 Å². The van der Waals surface area contributed by atoms with Gasteiger partial charge in [-0.2, -0.15) is 0 Å². The molecule has 5 aromatic carbocycles. The molecule has 1 aromatic heterocycles. The van der Waals surface area contributed by atoms with E-state index in [0.29, 0.717) is 0 Å². The van der Waals surface area contributed by atoms with Crippen molar-refractivity contribution in [2.45, 2.75) is 13.3 Å². The van der Waals surface area contributed by atoms with Crippen LogP contribution in [0.2, 0.25) is 0 Å². The van der Waals surface area contributed by atoms with E-state index in [0.717, 1.165) is 22.9 Å². The lowest BCUT2D eigenvalue weighted by Crippen LogP contribution is -1.86. The molecule has 37 heavy (non-hydrogen) atoms. The van der Waals surface area contributed by atoms with Gasteiger partial charge in [-0.05, 0) is 97.8 Å². The molecule has 0 fully saturated rings. The molecule has 0 N–H and O–H groups in total. The number of hydrogen-bond acceptors (Lipinski definition) is 1. The van der Waals surface area contributed by atoms with E-state index in [1.165, 1.54) is 48.1 Å². The van der Waals surface area contributed by atoms with Crippen LogP contribution in [0.3, 0.4) is 0 Å². The number of benzene rings is 5. The van der Waals surface area contributed by atoms with E-state index in [4.69, 9.17) is 4.98 Å². The minimum atomic E-state index is 1.01. The minimum absolute atomic E-state index is 1.01. The van der Waals surface area contributed by atoms with Crippen molar-refractivity contribution in [2.24, 2.45) is 0 Å². The van der Waals surface area contributed by atoms with Crippen LogP contribution in [-0.2, 0) is 6.42 Å². The monoisotopic (exact) mass is 587 g/mol. The highest BCUT2D eigenvalue weighted by Crippen LogP contribution is 2.30. The molecule has 0 bridgehead atoms. The number of aromatic nitrogens is 1. The van der Waals surface area contributed by atoms with E-state index < -0.39 is 0 Å². The summed E-state index contributed by atoms with van der Waals surface area (Å²) in [6, 6.07) is 43.8. The molecule has 0 radical (unpaired) electrons.